The number of amides is 3. The van der Waals surface area contributed by atoms with Gasteiger partial charge in [-0.1, -0.05) is 53.2 Å². The number of ether oxygens (including phenoxy) is 2. The number of benzene rings is 1. The van der Waals surface area contributed by atoms with Crippen LogP contribution in [0, 0.1) is 17.8 Å². The quantitative estimate of drug-likeness (QED) is 0.160. The van der Waals surface area contributed by atoms with Crippen LogP contribution in [0.3, 0.4) is 0 Å². The Balaban J connectivity index is 1.74. The number of carbonyl (C=O) groups excluding carboxylic acids is 3. The highest BCUT2D eigenvalue weighted by atomic mass is 16.5. The van der Waals surface area contributed by atoms with Crippen LogP contribution >= 0.6 is 0 Å². The molecule has 5 N–H and O–H groups in total. The Hall–Kier alpha value is -3.81. The van der Waals surface area contributed by atoms with Gasteiger partial charge in [-0.05, 0) is 54.9 Å². The van der Waals surface area contributed by atoms with Crippen LogP contribution in [0.5, 0.6) is 0 Å². The first-order valence-corrected chi connectivity index (χ1v) is 17.8. The molecule has 0 radical (unpaired) electrons. The topological polar surface area (TPSA) is 172 Å². The summed E-state index contributed by atoms with van der Waals surface area (Å²) < 4.78 is 11.9. The normalized spacial score (nSPS) is 18.8. The van der Waals surface area contributed by atoms with Crippen molar-refractivity contribution >= 4 is 29.4 Å². The average Bonchev–Trinajstić information content (AvgIpc) is 3.59. The third-order valence-corrected chi connectivity index (χ3v) is 10.0. The highest BCUT2D eigenvalue weighted by Gasteiger charge is 2.43. The third kappa shape index (κ3) is 10.6. The van der Waals surface area contributed by atoms with Crippen LogP contribution in [0.1, 0.15) is 65.9 Å². The number of nitrogens with zero attached hydrogens (tertiary/aromatic N) is 4. The second kappa shape index (κ2) is 19.5. The summed E-state index contributed by atoms with van der Waals surface area (Å²) in [5, 5.41) is 16.2. The van der Waals surface area contributed by atoms with E-state index in [4.69, 9.17) is 15.2 Å². The van der Waals surface area contributed by atoms with Crippen LogP contribution in [0.25, 0.3) is 0 Å². The Bertz CT molecular complexity index is 1360. The van der Waals surface area contributed by atoms with E-state index in [-0.39, 0.29) is 54.7 Å². The molecule has 0 aliphatic carbocycles. The number of nitrogens with one attached hydrogen (secondary N) is 2. The van der Waals surface area contributed by atoms with Gasteiger partial charge >= 0.3 is 0 Å². The number of likely N-dealkylation sites (N-methyl/N-ethyl adjacent to an activating group) is 1. The van der Waals surface area contributed by atoms with E-state index in [2.05, 4.69) is 34.4 Å². The molecular formula is C37H59N7O6. The molecule has 1 fully saturated rings. The molecule has 1 aliphatic heterocycles. The van der Waals surface area contributed by atoms with Gasteiger partial charge in [0.05, 0.1) is 49.3 Å². The number of hydrogen-bond donors (Lipinski definition) is 4. The van der Waals surface area contributed by atoms with E-state index in [1.807, 2.05) is 32.0 Å². The minimum absolute atomic E-state index is 0.0269. The van der Waals surface area contributed by atoms with Crippen molar-refractivity contribution in [3.63, 3.8) is 0 Å². The van der Waals surface area contributed by atoms with Crippen LogP contribution in [0.15, 0.2) is 42.7 Å². The van der Waals surface area contributed by atoms with Gasteiger partial charge in [-0.3, -0.25) is 14.4 Å². The molecule has 1 aromatic heterocycles. The highest BCUT2D eigenvalue weighted by molar-refractivity contribution is 5.85. The zero-order chi connectivity index (χ0) is 37.0. The summed E-state index contributed by atoms with van der Waals surface area (Å²) in [5.74, 6) is -0.780. The van der Waals surface area contributed by atoms with E-state index in [0.717, 1.165) is 18.4 Å². The molecule has 0 saturated carbocycles. The second-order valence-electron chi connectivity index (χ2n) is 13.9. The smallest absolute Gasteiger partial charge is 0.245 e. The van der Waals surface area contributed by atoms with E-state index in [0.29, 0.717) is 31.0 Å². The Morgan fingerprint density at radius 3 is 2.38 bits per heavy atom. The summed E-state index contributed by atoms with van der Waals surface area (Å²) in [4.78, 5) is 53.6. The lowest BCUT2D eigenvalue weighted by molar-refractivity contribution is -0.146. The maximum atomic E-state index is 14.1. The lowest BCUT2D eigenvalue weighted by Gasteiger charge is -2.40. The van der Waals surface area contributed by atoms with Crippen molar-refractivity contribution in [3.8, 4) is 0 Å². The molecule has 50 heavy (non-hydrogen) atoms. The monoisotopic (exact) mass is 697 g/mol. The number of anilines is 2. The number of likely N-dealkylation sites (tertiary alicyclic amines) is 1. The molecule has 278 valence electrons. The van der Waals surface area contributed by atoms with Gasteiger partial charge in [-0.2, -0.15) is 0 Å². The van der Waals surface area contributed by atoms with E-state index in [1.54, 1.807) is 62.5 Å². The fraction of sp³-hybridized carbons (Fsp3) is 0.649. The molecule has 2 heterocycles. The van der Waals surface area contributed by atoms with Gasteiger partial charge in [0.2, 0.25) is 23.7 Å². The number of hydrogen-bond acceptors (Lipinski definition) is 10. The lowest BCUT2D eigenvalue weighted by Crippen LogP contribution is -2.56. The van der Waals surface area contributed by atoms with Crippen molar-refractivity contribution < 1.29 is 29.0 Å². The number of carbonyl (C=O) groups is 3. The van der Waals surface area contributed by atoms with Gasteiger partial charge < -0.3 is 40.7 Å². The molecule has 13 heteroatoms. The number of aliphatic hydroxyl groups excluding tert-OH is 1. The maximum absolute atomic E-state index is 14.1. The second-order valence-corrected chi connectivity index (χ2v) is 13.9. The van der Waals surface area contributed by atoms with Crippen molar-refractivity contribution in [2.24, 2.45) is 17.8 Å². The molecule has 0 spiro atoms. The Labute approximate surface area is 297 Å². The van der Waals surface area contributed by atoms with Crippen LogP contribution < -0.4 is 16.4 Å². The van der Waals surface area contributed by atoms with Gasteiger partial charge in [-0.25, -0.2) is 9.97 Å². The van der Waals surface area contributed by atoms with Gasteiger partial charge in [0.15, 0.2) is 0 Å². The van der Waals surface area contributed by atoms with Gasteiger partial charge in [0, 0.05) is 45.9 Å². The Kier molecular flexibility index (Phi) is 15.9. The zero-order valence-electron chi connectivity index (χ0n) is 31.0. The molecule has 1 aliphatic rings. The molecular weight excluding hydrogens is 638 g/mol. The predicted octanol–water partition coefficient (Wildman–Crippen LogP) is 3.14. The zero-order valence-corrected chi connectivity index (χ0v) is 31.0. The maximum Gasteiger partial charge on any atom is 0.245 e. The minimum atomic E-state index is -0.600. The van der Waals surface area contributed by atoms with E-state index in [1.165, 1.54) is 0 Å². The molecule has 1 aromatic carbocycles. The summed E-state index contributed by atoms with van der Waals surface area (Å²) in [5.41, 5.74) is 7.44. The van der Waals surface area contributed by atoms with E-state index < -0.39 is 30.2 Å². The average molecular weight is 698 g/mol. The van der Waals surface area contributed by atoms with E-state index in [9.17, 15) is 19.5 Å². The minimum Gasteiger partial charge on any atom is -0.399 e. The fourth-order valence-electron chi connectivity index (χ4n) is 7.05. The van der Waals surface area contributed by atoms with Crippen molar-refractivity contribution in [1.82, 2.24) is 25.1 Å². The van der Waals surface area contributed by atoms with Crippen LogP contribution in [0.2, 0.25) is 0 Å². The molecule has 1 saturated heterocycles. The summed E-state index contributed by atoms with van der Waals surface area (Å²) in [7, 11) is 4.91. The van der Waals surface area contributed by atoms with Crippen molar-refractivity contribution in [1.29, 1.82) is 0 Å². The third-order valence-electron chi connectivity index (χ3n) is 10.0. The summed E-state index contributed by atoms with van der Waals surface area (Å²) in [6.45, 7) is 10.1. The summed E-state index contributed by atoms with van der Waals surface area (Å²) >= 11 is 0. The van der Waals surface area contributed by atoms with Gasteiger partial charge in [0.25, 0.3) is 0 Å². The lowest BCUT2D eigenvalue weighted by atomic mass is 9.89. The number of nitrogens with two attached hydrogens (primary N) is 1. The number of aliphatic hydroxyl groups is 1. The number of aromatic nitrogens is 2. The summed E-state index contributed by atoms with van der Waals surface area (Å²) in [6.07, 6.45) is 4.81. The number of methoxy groups -OCH3 is 2. The van der Waals surface area contributed by atoms with Crippen molar-refractivity contribution in [2.45, 2.75) is 103 Å². The van der Waals surface area contributed by atoms with Gasteiger partial charge in [0.1, 0.15) is 6.04 Å². The molecule has 0 bridgehead atoms. The molecule has 13 nitrogen and oxygen atoms in total. The first kappa shape index (κ1) is 40.6. The number of rotatable bonds is 19. The molecule has 8 atom stereocenters. The molecule has 1 unspecified atom stereocenters. The predicted molar refractivity (Wildman–Crippen MR) is 194 cm³/mol. The molecule has 2 aromatic rings. The largest absolute Gasteiger partial charge is 0.399 e. The van der Waals surface area contributed by atoms with E-state index >= 15 is 0 Å². The fourth-order valence-corrected chi connectivity index (χ4v) is 7.05. The van der Waals surface area contributed by atoms with Crippen molar-refractivity contribution in [3.05, 3.63) is 48.3 Å². The standard InChI is InChI=1S/C37H59N7O6/c1-9-24(4)33(43(6)36(48)32(23(2)3)42-37-39-16-12-17-40-37)30(49-7)21-31(46)44-18-11-15-29(44)34(50-8)25(5)35(47)41-28(22-45)20-26-13-10-14-27(38)19-26/h10,12-14,16-17,19,23-25,28-30,32-34,45H,9,11,15,18,20-22,38H2,1-8H3,(H,41,47)(H,39,40,42)/t24-,25+,28-,29-,30+,32?,33-,34+/m0/s1. The van der Waals surface area contributed by atoms with Crippen LogP contribution in [0.4, 0.5) is 11.6 Å². The first-order valence-electron chi connectivity index (χ1n) is 17.8. The molecule has 3 amide bonds. The van der Waals surface area contributed by atoms with Crippen LogP contribution in [-0.4, -0.2) is 113 Å². The number of nitrogen functional groups attached to an aromatic ring is 1. The van der Waals surface area contributed by atoms with Crippen LogP contribution in [-0.2, 0) is 30.3 Å². The summed E-state index contributed by atoms with van der Waals surface area (Å²) in [6, 6.07) is 7.27. The molecule has 3 rings (SSSR count). The first-order chi connectivity index (χ1) is 23.9. The van der Waals surface area contributed by atoms with Crippen molar-refractivity contribution in [2.75, 3.05) is 45.5 Å². The highest BCUT2D eigenvalue weighted by Crippen LogP contribution is 2.30. The Morgan fingerprint density at radius 1 is 1.10 bits per heavy atom. The Morgan fingerprint density at radius 2 is 1.80 bits per heavy atom. The SMILES string of the molecule is CC[C@H](C)[C@@H]([C@@H](CC(=O)N1CCC[C@H]1[C@H](OC)[C@@H](C)C(=O)N[C@H](CO)Cc1cccc(N)c1)OC)N(C)C(=O)C(Nc1ncccn1)C(C)C. The van der Waals surface area contributed by atoms with Gasteiger partial charge in [-0.15, -0.1) is 0 Å².